The zero-order valence-corrected chi connectivity index (χ0v) is 12.0. The molecule has 1 atom stereocenters. The lowest BCUT2D eigenvalue weighted by Gasteiger charge is -2.05. The van der Waals surface area contributed by atoms with Gasteiger partial charge in [0.25, 0.3) is 5.69 Å². The van der Waals surface area contributed by atoms with E-state index in [4.69, 9.17) is 10.8 Å². The van der Waals surface area contributed by atoms with Crippen LogP contribution in [0.5, 0.6) is 0 Å². The maximum Gasteiger partial charge on any atom is 0.320 e. The number of carbonyl (C=O) groups is 1. The van der Waals surface area contributed by atoms with Gasteiger partial charge in [0.1, 0.15) is 6.04 Å². The van der Waals surface area contributed by atoms with E-state index in [0.29, 0.717) is 17.8 Å². The fourth-order valence-electron chi connectivity index (χ4n) is 2.14. The minimum Gasteiger partial charge on any atom is -0.480 e. The topological polar surface area (TPSA) is 124 Å². The summed E-state index contributed by atoms with van der Waals surface area (Å²) in [5, 5.41) is 19.6. The van der Waals surface area contributed by atoms with E-state index in [1.165, 1.54) is 6.07 Å². The summed E-state index contributed by atoms with van der Waals surface area (Å²) in [6.45, 7) is 2.18. The Balaban J connectivity index is 2.08. The Morgan fingerprint density at radius 3 is 2.86 bits per heavy atom. The number of nitro groups is 1. The minimum atomic E-state index is -1.07. The molecule has 0 saturated heterocycles. The third-order valence-corrected chi connectivity index (χ3v) is 3.26. The van der Waals surface area contributed by atoms with E-state index in [0.717, 1.165) is 5.56 Å². The van der Waals surface area contributed by atoms with Crippen molar-refractivity contribution in [2.45, 2.75) is 25.9 Å². The number of rotatable bonds is 6. The molecule has 2 rings (SSSR count). The Labute approximate surface area is 126 Å². The van der Waals surface area contributed by atoms with Gasteiger partial charge in [-0.3, -0.25) is 14.9 Å². The van der Waals surface area contributed by atoms with Crippen LogP contribution in [-0.4, -0.2) is 31.6 Å². The van der Waals surface area contributed by atoms with Gasteiger partial charge in [-0.2, -0.15) is 0 Å². The van der Waals surface area contributed by atoms with Gasteiger partial charge in [0.15, 0.2) is 0 Å². The fraction of sp³-hybridized carbons (Fsp3) is 0.286. The van der Waals surface area contributed by atoms with Gasteiger partial charge in [0.05, 0.1) is 16.9 Å². The standard InChI is InChI=1S/C14H16N4O4/c1-9-4-10(2-3-13(9)18(21)22)6-17-7-11(16-8-17)5-12(15)14(19)20/h2-4,7-8,12H,5-6,15H2,1H3,(H,19,20)/t12-/m0/s1. The van der Waals surface area contributed by atoms with E-state index in [-0.39, 0.29) is 12.1 Å². The van der Waals surface area contributed by atoms with Crippen LogP contribution in [0.4, 0.5) is 5.69 Å². The van der Waals surface area contributed by atoms with E-state index in [2.05, 4.69) is 4.98 Å². The number of nitrogens with zero attached hydrogens (tertiary/aromatic N) is 3. The van der Waals surface area contributed by atoms with E-state index in [1.807, 2.05) is 0 Å². The van der Waals surface area contributed by atoms with E-state index in [9.17, 15) is 14.9 Å². The summed E-state index contributed by atoms with van der Waals surface area (Å²) in [4.78, 5) is 25.2. The van der Waals surface area contributed by atoms with Crippen LogP contribution in [0, 0.1) is 17.0 Å². The minimum absolute atomic E-state index is 0.0856. The summed E-state index contributed by atoms with van der Waals surface area (Å²) >= 11 is 0. The highest BCUT2D eigenvalue weighted by Gasteiger charge is 2.14. The molecule has 0 aliphatic heterocycles. The highest BCUT2D eigenvalue weighted by Crippen LogP contribution is 2.19. The Morgan fingerprint density at radius 2 is 2.27 bits per heavy atom. The second kappa shape index (κ2) is 6.35. The molecule has 0 aliphatic carbocycles. The smallest absolute Gasteiger partial charge is 0.320 e. The first kappa shape index (κ1) is 15.6. The average Bonchev–Trinajstić information content (AvgIpc) is 2.85. The molecule has 1 heterocycles. The SMILES string of the molecule is Cc1cc(Cn2cnc(C[C@H](N)C(=O)O)c2)ccc1[N+](=O)[O-]. The number of aliphatic carboxylic acids is 1. The van der Waals surface area contributed by atoms with Crippen molar-refractivity contribution in [3.05, 3.63) is 57.7 Å². The molecule has 0 spiro atoms. The van der Waals surface area contributed by atoms with Crippen molar-refractivity contribution < 1.29 is 14.8 Å². The molecule has 8 heteroatoms. The highest BCUT2D eigenvalue weighted by molar-refractivity contribution is 5.73. The largest absolute Gasteiger partial charge is 0.480 e. The van der Waals surface area contributed by atoms with Crippen LogP contribution in [-0.2, 0) is 17.8 Å². The maximum absolute atomic E-state index is 10.8. The van der Waals surface area contributed by atoms with Crippen LogP contribution >= 0.6 is 0 Å². The van der Waals surface area contributed by atoms with Gasteiger partial charge >= 0.3 is 5.97 Å². The first-order valence-electron chi connectivity index (χ1n) is 6.59. The van der Waals surface area contributed by atoms with Gasteiger partial charge in [0, 0.05) is 30.8 Å². The molecule has 3 N–H and O–H groups in total. The molecule has 0 amide bonds. The van der Waals surface area contributed by atoms with Crippen LogP contribution < -0.4 is 5.73 Å². The number of carboxylic acids is 1. The third kappa shape index (κ3) is 3.67. The number of carboxylic acid groups (broad SMARTS) is 1. The Hall–Kier alpha value is -2.74. The number of aromatic nitrogens is 2. The Bertz CT molecular complexity index is 711. The van der Waals surface area contributed by atoms with Gasteiger partial charge in [-0.15, -0.1) is 0 Å². The highest BCUT2D eigenvalue weighted by atomic mass is 16.6. The predicted octanol–water partition coefficient (Wildman–Crippen LogP) is 1.10. The van der Waals surface area contributed by atoms with Crippen LogP contribution in [0.25, 0.3) is 0 Å². The summed E-state index contributed by atoms with van der Waals surface area (Å²) < 4.78 is 1.78. The normalized spacial score (nSPS) is 12.1. The molecule has 2 aromatic rings. The van der Waals surface area contributed by atoms with Gasteiger partial charge in [-0.1, -0.05) is 6.07 Å². The van der Waals surface area contributed by atoms with Crippen LogP contribution in [0.15, 0.2) is 30.7 Å². The number of nitrogens with two attached hydrogens (primary N) is 1. The van der Waals surface area contributed by atoms with Crippen LogP contribution in [0.1, 0.15) is 16.8 Å². The molecule has 0 saturated carbocycles. The lowest BCUT2D eigenvalue weighted by molar-refractivity contribution is -0.385. The number of hydrogen-bond donors (Lipinski definition) is 2. The van der Waals surface area contributed by atoms with E-state index in [1.54, 1.807) is 36.1 Å². The summed E-state index contributed by atoms with van der Waals surface area (Å²) in [5.74, 6) is -1.07. The zero-order chi connectivity index (χ0) is 16.3. The third-order valence-electron chi connectivity index (χ3n) is 3.26. The molecule has 8 nitrogen and oxygen atoms in total. The molecule has 116 valence electrons. The zero-order valence-electron chi connectivity index (χ0n) is 12.0. The molecule has 1 aromatic heterocycles. The Morgan fingerprint density at radius 1 is 1.55 bits per heavy atom. The maximum atomic E-state index is 10.8. The van der Waals surface area contributed by atoms with E-state index < -0.39 is 16.9 Å². The summed E-state index contributed by atoms with van der Waals surface area (Å²) in [6.07, 6.45) is 3.46. The lowest BCUT2D eigenvalue weighted by Crippen LogP contribution is -2.32. The number of benzene rings is 1. The van der Waals surface area contributed by atoms with Gasteiger partial charge in [-0.25, -0.2) is 4.98 Å². The number of hydrogen-bond acceptors (Lipinski definition) is 5. The van der Waals surface area contributed by atoms with Crippen molar-refractivity contribution >= 4 is 11.7 Å². The molecule has 0 unspecified atom stereocenters. The molecule has 0 radical (unpaired) electrons. The average molecular weight is 304 g/mol. The van der Waals surface area contributed by atoms with Crippen LogP contribution in [0.2, 0.25) is 0 Å². The lowest BCUT2D eigenvalue weighted by atomic mass is 10.1. The summed E-state index contributed by atoms with van der Waals surface area (Å²) in [6, 6.07) is 3.93. The summed E-state index contributed by atoms with van der Waals surface area (Å²) in [5.41, 5.74) is 7.63. The van der Waals surface area contributed by atoms with Crippen molar-refractivity contribution in [3.8, 4) is 0 Å². The molecule has 0 fully saturated rings. The monoisotopic (exact) mass is 304 g/mol. The summed E-state index contributed by atoms with van der Waals surface area (Å²) in [7, 11) is 0. The Kier molecular flexibility index (Phi) is 4.52. The molecular weight excluding hydrogens is 288 g/mol. The van der Waals surface area contributed by atoms with Crippen LogP contribution in [0.3, 0.4) is 0 Å². The van der Waals surface area contributed by atoms with E-state index >= 15 is 0 Å². The molecule has 22 heavy (non-hydrogen) atoms. The van der Waals surface area contributed by atoms with Gasteiger partial charge in [0.2, 0.25) is 0 Å². The second-order valence-electron chi connectivity index (χ2n) is 5.06. The second-order valence-corrected chi connectivity index (χ2v) is 5.06. The first-order valence-corrected chi connectivity index (χ1v) is 6.59. The van der Waals surface area contributed by atoms with Crippen molar-refractivity contribution in [2.75, 3.05) is 0 Å². The first-order chi connectivity index (χ1) is 10.4. The molecule has 1 aromatic carbocycles. The van der Waals surface area contributed by atoms with Crippen molar-refractivity contribution in [2.24, 2.45) is 5.73 Å². The molecule has 0 bridgehead atoms. The molecule has 0 aliphatic rings. The van der Waals surface area contributed by atoms with Gasteiger partial charge < -0.3 is 15.4 Å². The number of nitro benzene ring substituents is 1. The number of imidazole rings is 1. The molecular formula is C14H16N4O4. The number of aryl methyl sites for hydroxylation is 1. The predicted molar refractivity (Wildman–Crippen MR) is 78.5 cm³/mol. The van der Waals surface area contributed by atoms with Gasteiger partial charge in [-0.05, 0) is 18.6 Å². The van der Waals surface area contributed by atoms with Crippen molar-refractivity contribution in [1.82, 2.24) is 9.55 Å². The van der Waals surface area contributed by atoms with Crippen molar-refractivity contribution in [1.29, 1.82) is 0 Å². The fourth-order valence-corrected chi connectivity index (χ4v) is 2.14. The van der Waals surface area contributed by atoms with Crippen molar-refractivity contribution in [3.63, 3.8) is 0 Å². The quantitative estimate of drug-likeness (QED) is 0.608.